The molecule has 1 atom stereocenters. The molecule has 0 radical (unpaired) electrons. The third-order valence-electron chi connectivity index (χ3n) is 6.62. The highest BCUT2D eigenvalue weighted by Crippen LogP contribution is 2.31. The molecule has 0 amide bonds. The van der Waals surface area contributed by atoms with Crippen molar-refractivity contribution in [2.24, 2.45) is 0 Å². The van der Waals surface area contributed by atoms with Crippen molar-refractivity contribution in [3.05, 3.63) is 59.9 Å². The molecule has 2 aromatic carbocycles. The number of ketones is 1. The number of carbonyl (C=O) groups excluding carboxylic acids is 1. The van der Waals surface area contributed by atoms with E-state index in [0.717, 1.165) is 42.6 Å². The van der Waals surface area contributed by atoms with Gasteiger partial charge in [-0.2, -0.15) is 0 Å². The van der Waals surface area contributed by atoms with Crippen molar-refractivity contribution in [1.29, 1.82) is 0 Å². The monoisotopic (exact) mass is 455 g/mol. The van der Waals surface area contributed by atoms with Gasteiger partial charge in [0.1, 0.15) is 5.82 Å². The van der Waals surface area contributed by atoms with Crippen molar-refractivity contribution >= 4 is 26.5 Å². The van der Waals surface area contributed by atoms with Crippen molar-refractivity contribution < 1.29 is 17.6 Å². The standard InChI is InChI=1S/C24H26FN3O3S/c25-18-7-5-17(6-8-18)24-23(20-3-1-2-4-21(20)26-24)22(29)15-27-10-12-28(13-11-27)19-9-14-32(30,31)16-19/h1-8,19,26H,9-16H2/t19-/m0/s1. The Hall–Kier alpha value is -2.55. The number of rotatable bonds is 5. The zero-order valence-electron chi connectivity index (χ0n) is 17.8. The molecule has 2 saturated heterocycles. The zero-order chi connectivity index (χ0) is 22.3. The number of Topliss-reactive ketones (excluding diaryl/α,β-unsaturated/α-hetero) is 1. The van der Waals surface area contributed by atoms with Crippen LogP contribution in [0.15, 0.2) is 48.5 Å². The first-order chi connectivity index (χ1) is 15.4. The number of aromatic amines is 1. The number of halogens is 1. The first-order valence-corrected chi connectivity index (χ1v) is 12.8. The lowest BCUT2D eigenvalue weighted by atomic mass is 10.0. The minimum atomic E-state index is -2.90. The molecule has 3 aromatic rings. The van der Waals surface area contributed by atoms with Crippen LogP contribution in [0.3, 0.4) is 0 Å². The van der Waals surface area contributed by atoms with Crippen molar-refractivity contribution in [2.45, 2.75) is 12.5 Å². The predicted molar refractivity (Wildman–Crippen MR) is 123 cm³/mol. The zero-order valence-corrected chi connectivity index (χ0v) is 18.6. The van der Waals surface area contributed by atoms with Gasteiger partial charge in [-0.05, 0) is 42.3 Å². The number of sulfone groups is 1. The van der Waals surface area contributed by atoms with Gasteiger partial charge in [-0.1, -0.05) is 18.2 Å². The SMILES string of the molecule is O=C(CN1CCN([C@H]2CCS(=O)(=O)C2)CC1)c1c(-c2ccc(F)cc2)[nH]c2ccccc12. The average molecular weight is 456 g/mol. The van der Waals surface area contributed by atoms with Crippen LogP contribution in [-0.2, 0) is 9.84 Å². The summed E-state index contributed by atoms with van der Waals surface area (Å²) in [7, 11) is -2.90. The molecule has 32 heavy (non-hydrogen) atoms. The molecule has 0 unspecified atom stereocenters. The first-order valence-electron chi connectivity index (χ1n) is 11.0. The Morgan fingerprint density at radius 1 is 1.03 bits per heavy atom. The van der Waals surface area contributed by atoms with E-state index < -0.39 is 9.84 Å². The fourth-order valence-corrected chi connectivity index (χ4v) is 6.66. The predicted octanol–water partition coefficient (Wildman–Crippen LogP) is 2.96. The van der Waals surface area contributed by atoms with Gasteiger partial charge in [-0.3, -0.25) is 14.6 Å². The Morgan fingerprint density at radius 2 is 1.75 bits per heavy atom. The fourth-order valence-electron chi connectivity index (χ4n) is 4.90. The molecule has 8 heteroatoms. The van der Waals surface area contributed by atoms with Gasteiger partial charge >= 0.3 is 0 Å². The lowest BCUT2D eigenvalue weighted by molar-refractivity contribution is 0.0798. The number of aromatic nitrogens is 1. The van der Waals surface area contributed by atoms with Crippen LogP contribution in [0, 0.1) is 5.82 Å². The van der Waals surface area contributed by atoms with Crippen LogP contribution in [0.1, 0.15) is 16.8 Å². The molecule has 0 bridgehead atoms. The Balaban J connectivity index is 1.33. The molecule has 0 aliphatic carbocycles. The van der Waals surface area contributed by atoms with E-state index in [1.54, 1.807) is 12.1 Å². The molecule has 5 rings (SSSR count). The van der Waals surface area contributed by atoms with Crippen LogP contribution in [-0.4, -0.2) is 79.3 Å². The Morgan fingerprint density at radius 3 is 2.44 bits per heavy atom. The molecule has 2 aliphatic rings. The Labute approximate surface area is 186 Å². The second-order valence-corrected chi connectivity index (χ2v) is 10.9. The van der Waals surface area contributed by atoms with E-state index in [9.17, 15) is 17.6 Å². The van der Waals surface area contributed by atoms with Gasteiger partial charge in [-0.25, -0.2) is 12.8 Å². The number of para-hydroxylation sites is 1. The van der Waals surface area contributed by atoms with E-state index in [2.05, 4.69) is 14.8 Å². The maximum atomic E-state index is 13.4. The van der Waals surface area contributed by atoms with Gasteiger partial charge in [0.05, 0.1) is 29.3 Å². The second kappa shape index (κ2) is 8.42. The third-order valence-corrected chi connectivity index (χ3v) is 8.37. The van der Waals surface area contributed by atoms with Crippen LogP contribution in [0.25, 0.3) is 22.2 Å². The summed E-state index contributed by atoms with van der Waals surface area (Å²) in [6.07, 6.45) is 0.706. The summed E-state index contributed by atoms with van der Waals surface area (Å²) >= 11 is 0. The number of H-pyrrole nitrogens is 1. The number of nitrogens with zero attached hydrogens (tertiary/aromatic N) is 2. The Bertz CT molecular complexity index is 1250. The maximum Gasteiger partial charge on any atom is 0.179 e. The summed E-state index contributed by atoms with van der Waals surface area (Å²) in [6.45, 7) is 3.30. The van der Waals surface area contributed by atoms with Gasteiger partial charge in [-0.15, -0.1) is 0 Å². The molecule has 6 nitrogen and oxygen atoms in total. The first kappa shape index (κ1) is 21.3. The highest BCUT2D eigenvalue weighted by atomic mass is 32.2. The van der Waals surface area contributed by atoms with Gasteiger partial charge in [0.2, 0.25) is 0 Å². The van der Waals surface area contributed by atoms with Crippen LogP contribution in [0.4, 0.5) is 4.39 Å². The topological polar surface area (TPSA) is 73.5 Å². The molecule has 1 N–H and O–H groups in total. The maximum absolute atomic E-state index is 13.4. The van der Waals surface area contributed by atoms with E-state index >= 15 is 0 Å². The van der Waals surface area contributed by atoms with Gasteiger partial charge in [0.25, 0.3) is 0 Å². The summed E-state index contributed by atoms with van der Waals surface area (Å²) in [5, 5.41) is 0.867. The molecular formula is C24H26FN3O3S. The molecule has 2 aliphatic heterocycles. The van der Waals surface area contributed by atoms with Crippen molar-refractivity contribution in [1.82, 2.24) is 14.8 Å². The van der Waals surface area contributed by atoms with Crippen LogP contribution >= 0.6 is 0 Å². The average Bonchev–Trinajstić information content (AvgIpc) is 3.35. The number of hydrogen-bond donors (Lipinski definition) is 1. The summed E-state index contributed by atoms with van der Waals surface area (Å²) in [6, 6.07) is 14.0. The minimum Gasteiger partial charge on any atom is -0.354 e. The summed E-state index contributed by atoms with van der Waals surface area (Å²) < 4.78 is 37.0. The van der Waals surface area contributed by atoms with E-state index in [4.69, 9.17) is 0 Å². The van der Waals surface area contributed by atoms with E-state index in [1.807, 2.05) is 24.3 Å². The van der Waals surface area contributed by atoms with E-state index in [0.29, 0.717) is 24.2 Å². The lowest BCUT2D eigenvalue weighted by Gasteiger charge is -2.37. The number of nitrogens with one attached hydrogen (secondary N) is 1. The number of benzene rings is 2. The fraction of sp³-hybridized carbons (Fsp3) is 0.375. The van der Waals surface area contributed by atoms with E-state index in [1.165, 1.54) is 12.1 Å². The summed E-state index contributed by atoms with van der Waals surface area (Å²) in [5.41, 5.74) is 3.00. The van der Waals surface area contributed by atoms with E-state index in [-0.39, 0.29) is 29.1 Å². The number of piperazine rings is 1. The van der Waals surface area contributed by atoms with Crippen molar-refractivity contribution in [3.8, 4) is 11.3 Å². The van der Waals surface area contributed by atoms with Crippen LogP contribution in [0.2, 0.25) is 0 Å². The third kappa shape index (κ3) is 4.22. The number of fused-ring (bicyclic) bond motifs is 1. The lowest BCUT2D eigenvalue weighted by Crippen LogP contribution is -2.51. The van der Waals surface area contributed by atoms with Gasteiger partial charge in [0, 0.05) is 43.1 Å². The highest BCUT2D eigenvalue weighted by Gasteiger charge is 2.34. The van der Waals surface area contributed by atoms with Crippen molar-refractivity contribution in [2.75, 3.05) is 44.2 Å². The van der Waals surface area contributed by atoms with Crippen LogP contribution in [0.5, 0.6) is 0 Å². The molecule has 2 fully saturated rings. The normalized spacial score (nSPS) is 21.8. The number of carbonyl (C=O) groups is 1. The Kier molecular flexibility index (Phi) is 5.61. The largest absolute Gasteiger partial charge is 0.354 e. The molecule has 0 spiro atoms. The smallest absolute Gasteiger partial charge is 0.179 e. The molecule has 1 aromatic heterocycles. The molecule has 3 heterocycles. The minimum absolute atomic E-state index is 0.0265. The van der Waals surface area contributed by atoms with Crippen LogP contribution < -0.4 is 0 Å². The van der Waals surface area contributed by atoms with Gasteiger partial charge < -0.3 is 4.98 Å². The van der Waals surface area contributed by atoms with Crippen molar-refractivity contribution in [3.63, 3.8) is 0 Å². The molecular weight excluding hydrogens is 429 g/mol. The quantitative estimate of drug-likeness (QED) is 0.599. The number of hydrogen-bond acceptors (Lipinski definition) is 5. The summed E-state index contributed by atoms with van der Waals surface area (Å²) in [4.78, 5) is 21.2. The molecule has 0 saturated carbocycles. The highest BCUT2D eigenvalue weighted by molar-refractivity contribution is 7.91. The summed E-state index contributed by atoms with van der Waals surface area (Å²) in [5.74, 6) is 0.245. The second-order valence-electron chi connectivity index (χ2n) is 8.72. The van der Waals surface area contributed by atoms with Gasteiger partial charge in [0.15, 0.2) is 15.6 Å². The molecule has 168 valence electrons.